The molecule has 1 aromatic rings. The highest BCUT2D eigenvalue weighted by molar-refractivity contribution is 5.54. The number of ether oxygens (including phenoxy) is 1. The van der Waals surface area contributed by atoms with Crippen LogP contribution >= 0.6 is 0 Å². The van der Waals surface area contributed by atoms with E-state index >= 15 is 0 Å². The van der Waals surface area contributed by atoms with Gasteiger partial charge in [0.25, 0.3) is 0 Å². The quantitative estimate of drug-likeness (QED) is 0.706. The molecule has 0 aliphatic rings. The molecule has 0 aliphatic heterocycles. The topological polar surface area (TPSA) is 80.4 Å². The highest BCUT2D eigenvalue weighted by atomic mass is 16.5. The van der Waals surface area contributed by atoms with Crippen LogP contribution in [0.1, 0.15) is 34.1 Å². The van der Waals surface area contributed by atoms with Crippen molar-refractivity contribution in [3.8, 4) is 5.88 Å². The van der Waals surface area contributed by atoms with Crippen LogP contribution < -0.4 is 15.8 Å². The zero-order valence-electron chi connectivity index (χ0n) is 12.2. The molecule has 0 saturated carbocycles. The minimum Gasteiger partial charge on any atom is -0.476 e. The fraction of sp³-hybridized carbons (Fsp3) is 0.643. The third-order valence-corrected chi connectivity index (χ3v) is 3.00. The number of aromatic nitrogens is 1. The molecule has 1 unspecified atom stereocenters. The minimum absolute atomic E-state index is 0.0394. The van der Waals surface area contributed by atoms with E-state index in [1.807, 2.05) is 13.8 Å². The Bertz CT molecular complexity index is 404. The van der Waals surface area contributed by atoms with E-state index in [0.29, 0.717) is 29.9 Å². The summed E-state index contributed by atoms with van der Waals surface area (Å²) in [6.07, 6.45) is 0.789. The Balaban J connectivity index is 2.83. The summed E-state index contributed by atoms with van der Waals surface area (Å²) in [6, 6.07) is 3.56. The van der Waals surface area contributed by atoms with E-state index in [4.69, 9.17) is 10.5 Å². The molecule has 1 rings (SSSR count). The van der Waals surface area contributed by atoms with Gasteiger partial charge in [-0.25, -0.2) is 0 Å². The molecule has 0 amide bonds. The second kappa shape index (κ2) is 6.61. The maximum absolute atomic E-state index is 9.40. The predicted octanol–water partition coefficient (Wildman–Crippen LogP) is 2.27. The second-order valence-electron chi connectivity index (χ2n) is 5.49. The molecule has 0 bridgehead atoms. The van der Waals surface area contributed by atoms with Crippen LogP contribution in [0.4, 0.5) is 11.5 Å². The van der Waals surface area contributed by atoms with Gasteiger partial charge >= 0.3 is 0 Å². The largest absolute Gasteiger partial charge is 0.476 e. The van der Waals surface area contributed by atoms with E-state index in [2.05, 4.69) is 24.1 Å². The van der Waals surface area contributed by atoms with Crippen molar-refractivity contribution in [1.29, 1.82) is 0 Å². The average Bonchev–Trinajstić information content (AvgIpc) is 2.39. The number of hydrogen-bond acceptors (Lipinski definition) is 5. The van der Waals surface area contributed by atoms with Gasteiger partial charge in [-0.1, -0.05) is 20.8 Å². The Morgan fingerprint density at radius 2 is 2.16 bits per heavy atom. The van der Waals surface area contributed by atoms with Gasteiger partial charge < -0.3 is 20.9 Å². The van der Waals surface area contributed by atoms with Crippen molar-refractivity contribution in [2.45, 2.75) is 39.7 Å². The Hall–Kier alpha value is -1.49. The Kier molecular flexibility index (Phi) is 5.42. The van der Waals surface area contributed by atoms with E-state index in [1.165, 1.54) is 0 Å². The second-order valence-corrected chi connectivity index (χ2v) is 5.49. The van der Waals surface area contributed by atoms with Gasteiger partial charge in [0.05, 0.1) is 24.4 Å². The van der Waals surface area contributed by atoms with Crippen LogP contribution in [0.3, 0.4) is 0 Å². The molecule has 1 heterocycles. The summed E-state index contributed by atoms with van der Waals surface area (Å²) in [5.41, 5.74) is 5.97. The number of aliphatic hydroxyl groups excluding tert-OH is 1. The third kappa shape index (κ3) is 4.59. The first kappa shape index (κ1) is 15.6. The summed E-state index contributed by atoms with van der Waals surface area (Å²) >= 11 is 0. The van der Waals surface area contributed by atoms with Gasteiger partial charge in [-0.3, -0.25) is 0 Å². The molecule has 19 heavy (non-hydrogen) atoms. The average molecular weight is 267 g/mol. The van der Waals surface area contributed by atoms with Crippen LogP contribution in [-0.2, 0) is 0 Å². The Labute approximate surface area is 115 Å². The summed E-state index contributed by atoms with van der Waals surface area (Å²) < 4.78 is 5.58. The lowest BCUT2D eigenvalue weighted by molar-refractivity contribution is 0.218. The Morgan fingerprint density at radius 1 is 1.47 bits per heavy atom. The molecule has 0 fully saturated rings. The zero-order chi connectivity index (χ0) is 14.5. The molecule has 4 N–H and O–H groups in total. The molecule has 5 nitrogen and oxygen atoms in total. The molecular formula is C14H25N3O2. The van der Waals surface area contributed by atoms with Crippen molar-refractivity contribution in [3.63, 3.8) is 0 Å². The lowest BCUT2D eigenvalue weighted by Gasteiger charge is -2.28. The molecule has 5 heteroatoms. The van der Waals surface area contributed by atoms with Crippen LogP contribution in [0.25, 0.3) is 0 Å². The molecule has 0 aliphatic carbocycles. The Morgan fingerprint density at radius 3 is 2.68 bits per heavy atom. The van der Waals surface area contributed by atoms with Gasteiger partial charge in [-0.05, 0) is 31.4 Å². The highest BCUT2D eigenvalue weighted by Crippen LogP contribution is 2.24. The van der Waals surface area contributed by atoms with Crippen molar-refractivity contribution in [2.75, 3.05) is 24.3 Å². The summed E-state index contributed by atoms with van der Waals surface area (Å²) in [5, 5.41) is 12.6. The zero-order valence-corrected chi connectivity index (χ0v) is 12.2. The van der Waals surface area contributed by atoms with Crippen LogP contribution in [0, 0.1) is 5.92 Å². The van der Waals surface area contributed by atoms with E-state index in [0.717, 1.165) is 6.42 Å². The molecule has 108 valence electrons. The van der Waals surface area contributed by atoms with E-state index < -0.39 is 5.54 Å². The monoisotopic (exact) mass is 267 g/mol. The number of nitrogens with two attached hydrogens (primary N) is 1. The highest BCUT2D eigenvalue weighted by Gasteiger charge is 2.21. The van der Waals surface area contributed by atoms with Crippen molar-refractivity contribution >= 4 is 11.5 Å². The van der Waals surface area contributed by atoms with Crippen molar-refractivity contribution in [2.24, 2.45) is 5.92 Å². The van der Waals surface area contributed by atoms with Crippen LogP contribution in [0.2, 0.25) is 0 Å². The molecule has 0 radical (unpaired) electrons. The lowest BCUT2D eigenvalue weighted by atomic mass is 10.0. The first-order chi connectivity index (χ1) is 8.90. The van der Waals surface area contributed by atoms with E-state index in [-0.39, 0.29) is 6.61 Å². The minimum atomic E-state index is -0.390. The number of rotatable bonds is 7. The van der Waals surface area contributed by atoms with Gasteiger partial charge in [0.1, 0.15) is 5.82 Å². The van der Waals surface area contributed by atoms with Crippen molar-refractivity contribution in [1.82, 2.24) is 4.98 Å². The van der Waals surface area contributed by atoms with Crippen LogP contribution in [0.15, 0.2) is 12.1 Å². The van der Waals surface area contributed by atoms with E-state index in [9.17, 15) is 5.11 Å². The number of nitrogens with zero attached hydrogens (tertiary/aromatic N) is 1. The summed E-state index contributed by atoms with van der Waals surface area (Å²) in [7, 11) is 0. The first-order valence-corrected chi connectivity index (χ1v) is 6.68. The van der Waals surface area contributed by atoms with Crippen LogP contribution in [-0.4, -0.2) is 28.8 Å². The van der Waals surface area contributed by atoms with Crippen molar-refractivity contribution < 1.29 is 9.84 Å². The summed E-state index contributed by atoms with van der Waals surface area (Å²) in [4.78, 5) is 4.36. The van der Waals surface area contributed by atoms with Gasteiger partial charge in [0.2, 0.25) is 5.88 Å². The summed E-state index contributed by atoms with van der Waals surface area (Å²) in [5.74, 6) is 1.51. The standard InChI is InChI=1S/C14H25N3O2/c1-5-14(4,9-18)17-12-7-6-11(15)13(16-12)19-8-10(2)3/h6-7,10,18H,5,8-9,15H2,1-4H3,(H,16,17). The molecule has 0 aromatic carbocycles. The molecule has 0 saturated heterocycles. The molecule has 1 atom stereocenters. The van der Waals surface area contributed by atoms with E-state index in [1.54, 1.807) is 12.1 Å². The van der Waals surface area contributed by atoms with Crippen molar-refractivity contribution in [3.05, 3.63) is 12.1 Å². The number of aliphatic hydroxyl groups is 1. The van der Waals surface area contributed by atoms with Gasteiger partial charge in [-0.15, -0.1) is 0 Å². The first-order valence-electron chi connectivity index (χ1n) is 6.68. The molecular weight excluding hydrogens is 242 g/mol. The SMILES string of the molecule is CCC(C)(CO)Nc1ccc(N)c(OCC(C)C)n1. The molecule has 1 aromatic heterocycles. The number of anilines is 2. The number of nitrogen functional groups attached to an aromatic ring is 1. The number of hydrogen-bond donors (Lipinski definition) is 3. The third-order valence-electron chi connectivity index (χ3n) is 3.00. The fourth-order valence-corrected chi connectivity index (χ4v) is 1.43. The number of pyridine rings is 1. The predicted molar refractivity (Wildman–Crippen MR) is 78.4 cm³/mol. The maximum atomic E-state index is 9.40. The summed E-state index contributed by atoms with van der Waals surface area (Å²) in [6.45, 7) is 8.70. The smallest absolute Gasteiger partial charge is 0.239 e. The maximum Gasteiger partial charge on any atom is 0.239 e. The lowest BCUT2D eigenvalue weighted by Crippen LogP contribution is -2.38. The van der Waals surface area contributed by atoms with Gasteiger partial charge in [0.15, 0.2) is 0 Å². The fourth-order valence-electron chi connectivity index (χ4n) is 1.43. The van der Waals surface area contributed by atoms with Gasteiger partial charge in [-0.2, -0.15) is 4.98 Å². The normalized spacial score (nSPS) is 14.2. The van der Waals surface area contributed by atoms with Crippen LogP contribution in [0.5, 0.6) is 5.88 Å². The molecule has 0 spiro atoms. The number of nitrogens with one attached hydrogen (secondary N) is 1. The van der Waals surface area contributed by atoms with Gasteiger partial charge in [0, 0.05) is 0 Å².